The van der Waals surface area contributed by atoms with E-state index >= 15 is 0 Å². The summed E-state index contributed by atoms with van der Waals surface area (Å²) in [5.74, 6) is 6.90. The van der Waals surface area contributed by atoms with Gasteiger partial charge in [0.25, 0.3) is 0 Å². The molecule has 41 heavy (non-hydrogen) atoms. The molecule has 2 heterocycles. The molecule has 0 bridgehead atoms. The standard InChI is InChI=1S/C34H46N2O4S/c1-7-24-19-28(20-25(8-2)35-24)40-27-15-13-26(14-16-27)36(32(37)23-11-9-22(3)10-12-23)30-21-29(17-18-34(4,5)6)41-31(30)33(38)39/h19-23,26-27H,7-16H2,1-6H3,(H,38,39)/t22?,23?,26-,27-. The van der Waals surface area contributed by atoms with Crippen LogP contribution in [-0.2, 0) is 17.6 Å². The van der Waals surface area contributed by atoms with Gasteiger partial charge in [0, 0.05) is 40.9 Å². The van der Waals surface area contributed by atoms with E-state index in [2.05, 4.69) is 37.6 Å². The van der Waals surface area contributed by atoms with Crippen molar-refractivity contribution < 1.29 is 19.4 Å². The summed E-state index contributed by atoms with van der Waals surface area (Å²) in [6, 6.07) is 5.85. The lowest BCUT2D eigenvalue weighted by molar-refractivity contribution is -0.124. The molecule has 2 aromatic heterocycles. The molecule has 222 valence electrons. The number of aromatic nitrogens is 1. The number of aromatic carboxylic acids is 1. The van der Waals surface area contributed by atoms with Gasteiger partial charge in [-0.25, -0.2) is 4.79 Å². The van der Waals surface area contributed by atoms with Crippen LogP contribution in [0.1, 0.15) is 119 Å². The molecular weight excluding hydrogens is 532 g/mol. The second-order valence-electron chi connectivity index (χ2n) is 12.8. The van der Waals surface area contributed by atoms with Gasteiger partial charge in [-0.15, -0.1) is 11.3 Å². The van der Waals surface area contributed by atoms with Crippen LogP contribution in [0.25, 0.3) is 0 Å². The van der Waals surface area contributed by atoms with Gasteiger partial charge in [-0.3, -0.25) is 9.78 Å². The lowest BCUT2D eigenvalue weighted by Gasteiger charge is -2.39. The van der Waals surface area contributed by atoms with Crippen LogP contribution in [0.15, 0.2) is 18.2 Å². The number of hydrogen-bond donors (Lipinski definition) is 1. The Hall–Kier alpha value is -2.85. The highest BCUT2D eigenvalue weighted by molar-refractivity contribution is 7.15. The van der Waals surface area contributed by atoms with Gasteiger partial charge in [0.2, 0.25) is 5.91 Å². The number of ether oxygens (including phenoxy) is 1. The number of carbonyl (C=O) groups excluding carboxylic acids is 1. The Morgan fingerprint density at radius 1 is 1.00 bits per heavy atom. The van der Waals surface area contributed by atoms with Crippen molar-refractivity contribution in [3.8, 4) is 17.6 Å². The first kappa shape index (κ1) is 31.1. The van der Waals surface area contributed by atoms with Crippen LogP contribution in [0.3, 0.4) is 0 Å². The van der Waals surface area contributed by atoms with Gasteiger partial charge in [-0.05, 0) is 97.0 Å². The molecule has 1 N–H and O–H groups in total. The number of thiophene rings is 1. The number of carboxylic acid groups (broad SMARTS) is 1. The Morgan fingerprint density at radius 2 is 1.61 bits per heavy atom. The number of aryl methyl sites for hydroxylation is 2. The summed E-state index contributed by atoms with van der Waals surface area (Å²) < 4.78 is 6.44. The summed E-state index contributed by atoms with van der Waals surface area (Å²) >= 11 is 1.18. The SMILES string of the molecule is CCc1cc(O[C@H]2CC[C@H](N(C(=O)C3CCC(C)CC3)c3cc(C#CC(C)(C)C)sc3C(=O)O)CC2)cc(CC)n1. The highest BCUT2D eigenvalue weighted by Crippen LogP contribution is 2.39. The van der Waals surface area contributed by atoms with Gasteiger partial charge in [0.1, 0.15) is 10.6 Å². The van der Waals surface area contributed by atoms with Crippen molar-refractivity contribution in [3.63, 3.8) is 0 Å². The van der Waals surface area contributed by atoms with Crippen LogP contribution >= 0.6 is 11.3 Å². The molecule has 2 aliphatic rings. The molecule has 0 aromatic carbocycles. The van der Waals surface area contributed by atoms with E-state index in [4.69, 9.17) is 4.74 Å². The van der Waals surface area contributed by atoms with E-state index in [1.165, 1.54) is 11.3 Å². The minimum atomic E-state index is -1.00. The van der Waals surface area contributed by atoms with E-state index < -0.39 is 5.97 Å². The van der Waals surface area contributed by atoms with Gasteiger partial charge in [-0.2, -0.15) is 0 Å². The molecular formula is C34H46N2O4S. The lowest BCUT2D eigenvalue weighted by atomic mass is 9.81. The summed E-state index contributed by atoms with van der Waals surface area (Å²) in [7, 11) is 0. The fourth-order valence-corrected chi connectivity index (χ4v) is 6.73. The van der Waals surface area contributed by atoms with Crippen LogP contribution < -0.4 is 9.64 Å². The molecule has 0 unspecified atom stereocenters. The van der Waals surface area contributed by atoms with Gasteiger partial charge < -0.3 is 14.7 Å². The number of amides is 1. The highest BCUT2D eigenvalue weighted by Gasteiger charge is 2.38. The second kappa shape index (κ2) is 13.4. The van der Waals surface area contributed by atoms with E-state index in [0.29, 0.717) is 16.5 Å². The molecule has 0 spiro atoms. The zero-order chi connectivity index (χ0) is 29.7. The Kier molecular flexibility index (Phi) is 10.2. The van der Waals surface area contributed by atoms with Crippen molar-refractivity contribution in [2.75, 3.05) is 4.90 Å². The maximum absolute atomic E-state index is 14.2. The third-order valence-corrected chi connectivity index (χ3v) is 9.30. The predicted molar refractivity (Wildman–Crippen MR) is 166 cm³/mol. The molecule has 2 aromatic rings. The fraction of sp³-hybridized carbons (Fsp3) is 0.618. The fourth-order valence-electron chi connectivity index (χ4n) is 5.89. The monoisotopic (exact) mass is 578 g/mol. The smallest absolute Gasteiger partial charge is 0.348 e. The molecule has 0 atom stereocenters. The van der Waals surface area contributed by atoms with Crippen molar-refractivity contribution in [2.24, 2.45) is 17.3 Å². The van der Waals surface area contributed by atoms with Crippen molar-refractivity contribution in [2.45, 2.75) is 118 Å². The second-order valence-corrected chi connectivity index (χ2v) is 13.9. The third kappa shape index (κ3) is 8.13. The molecule has 2 aliphatic carbocycles. The molecule has 0 radical (unpaired) electrons. The summed E-state index contributed by atoms with van der Waals surface area (Å²) in [6.07, 6.45) is 8.74. The largest absolute Gasteiger partial charge is 0.490 e. The summed E-state index contributed by atoms with van der Waals surface area (Å²) in [6.45, 7) is 12.6. The van der Waals surface area contributed by atoms with Gasteiger partial charge in [-0.1, -0.05) is 32.6 Å². The van der Waals surface area contributed by atoms with Gasteiger partial charge >= 0.3 is 5.97 Å². The van der Waals surface area contributed by atoms with Crippen molar-refractivity contribution in [1.82, 2.24) is 4.98 Å². The molecule has 2 fully saturated rings. The number of carboxylic acids is 1. The number of rotatable bonds is 8. The number of hydrogen-bond acceptors (Lipinski definition) is 5. The number of anilines is 1. The van der Waals surface area contributed by atoms with Crippen LogP contribution in [0.4, 0.5) is 5.69 Å². The van der Waals surface area contributed by atoms with Gasteiger partial charge in [0.15, 0.2) is 0 Å². The molecule has 0 aliphatic heterocycles. The molecule has 7 heteroatoms. The highest BCUT2D eigenvalue weighted by atomic mass is 32.1. The minimum Gasteiger partial charge on any atom is -0.490 e. The van der Waals surface area contributed by atoms with Crippen molar-refractivity contribution in [1.29, 1.82) is 0 Å². The summed E-state index contributed by atoms with van der Waals surface area (Å²) in [5.41, 5.74) is 2.39. The Balaban J connectivity index is 1.59. The quantitative estimate of drug-likeness (QED) is 0.322. The maximum atomic E-state index is 14.2. The first-order valence-electron chi connectivity index (χ1n) is 15.4. The number of carbonyl (C=O) groups is 2. The predicted octanol–water partition coefficient (Wildman–Crippen LogP) is 7.91. The minimum absolute atomic E-state index is 0.0603. The maximum Gasteiger partial charge on any atom is 0.348 e. The van der Waals surface area contributed by atoms with E-state index in [-0.39, 0.29) is 34.3 Å². The molecule has 4 rings (SSSR count). The summed E-state index contributed by atoms with van der Waals surface area (Å²) in [4.78, 5) is 34.0. The number of nitrogens with zero attached hydrogens (tertiary/aromatic N) is 2. The first-order chi connectivity index (χ1) is 19.5. The molecule has 2 saturated carbocycles. The van der Waals surface area contributed by atoms with Crippen LogP contribution in [0, 0.1) is 29.1 Å². The molecule has 1 amide bonds. The molecule has 0 saturated heterocycles. The van der Waals surface area contributed by atoms with Crippen molar-refractivity contribution >= 4 is 28.9 Å². The van der Waals surface area contributed by atoms with E-state index in [1.54, 1.807) is 0 Å². The Labute approximate surface area is 249 Å². The van der Waals surface area contributed by atoms with Crippen LogP contribution in [-0.4, -0.2) is 34.1 Å². The lowest BCUT2D eigenvalue weighted by Crippen LogP contribution is -2.47. The van der Waals surface area contributed by atoms with Crippen molar-refractivity contribution in [3.05, 3.63) is 39.3 Å². The van der Waals surface area contributed by atoms with Gasteiger partial charge in [0.05, 0.1) is 16.7 Å². The third-order valence-electron chi connectivity index (χ3n) is 8.27. The average molecular weight is 579 g/mol. The topological polar surface area (TPSA) is 79.7 Å². The van der Waals surface area contributed by atoms with E-state index in [1.807, 2.05) is 43.9 Å². The molecule has 6 nitrogen and oxygen atoms in total. The Bertz CT molecular complexity index is 1260. The Morgan fingerprint density at radius 3 is 2.15 bits per heavy atom. The summed E-state index contributed by atoms with van der Waals surface area (Å²) in [5, 5.41) is 10.2. The van der Waals surface area contributed by atoms with E-state index in [9.17, 15) is 14.7 Å². The van der Waals surface area contributed by atoms with Crippen LogP contribution in [0.5, 0.6) is 5.75 Å². The number of pyridine rings is 1. The van der Waals surface area contributed by atoms with Crippen LogP contribution in [0.2, 0.25) is 0 Å². The first-order valence-corrected chi connectivity index (χ1v) is 16.2. The zero-order valence-electron chi connectivity index (χ0n) is 25.6. The zero-order valence-corrected chi connectivity index (χ0v) is 26.4. The average Bonchev–Trinajstić information content (AvgIpc) is 3.37. The normalized spacial score (nSPS) is 22.9. The van der Waals surface area contributed by atoms with E-state index in [0.717, 1.165) is 81.3 Å².